The SMILES string of the molecule is CSCc1ccc(C(=O)N[C@@]2(C(=O)O)CCSC2)cc1. The van der Waals surface area contributed by atoms with Crippen molar-refractivity contribution in [2.75, 3.05) is 17.8 Å². The van der Waals surface area contributed by atoms with Crippen LogP contribution in [0.15, 0.2) is 24.3 Å². The highest BCUT2D eigenvalue weighted by Gasteiger charge is 2.43. The molecule has 1 heterocycles. The number of carbonyl (C=O) groups is 2. The first-order valence-corrected chi connectivity index (χ1v) is 8.84. The highest BCUT2D eigenvalue weighted by Crippen LogP contribution is 2.28. The van der Waals surface area contributed by atoms with Gasteiger partial charge in [0, 0.05) is 17.1 Å². The van der Waals surface area contributed by atoms with Gasteiger partial charge in [-0.25, -0.2) is 4.79 Å². The number of benzene rings is 1. The van der Waals surface area contributed by atoms with Gasteiger partial charge >= 0.3 is 5.97 Å². The van der Waals surface area contributed by atoms with Crippen LogP contribution in [0.1, 0.15) is 22.3 Å². The van der Waals surface area contributed by atoms with Crippen molar-refractivity contribution in [1.29, 1.82) is 0 Å². The molecule has 0 spiro atoms. The zero-order chi connectivity index (χ0) is 14.6. The molecule has 0 aromatic heterocycles. The van der Waals surface area contributed by atoms with Crippen LogP contribution in [0.2, 0.25) is 0 Å². The summed E-state index contributed by atoms with van der Waals surface area (Å²) in [6.45, 7) is 0. The van der Waals surface area contributed by atoms with E-state index in [9.17, 15) is 14.7 Å². The van der Waals surface area contributed by atoms with E-state index in [1.54, 1.807) is 35.7 Å². The molecule has 20 heavy (non-hydrogen) atoms. The molecule has 1 aliphatic rings. The van der Waals surface area contributed by atoms with Crippen molar-refractivity contribution in [2.24, 2.45) is 0 Å². The minimum atomic E-state index is -1.11. The monoisotopic (exact) mass is 311 g/mol. The Balaban J connectivity index is 2.09. The summed E-state index contributed by atoms with van der Waals surface area (Å²) in [6, 6.07) is 7.31. The van der Waals surface area contributed by atoms with Gasteiger partial charge in [-0.1, -0.05) is 12.1 Å². The number of carbonyl (C=O) groups excluding carboxylic acids is 1. The number of hydrogen-bond acceptors (Lipinski definition) is 4. The summed E-state index contributed by atoms with van der Waals surface area (Å²) in [5.74, 6) is 0.829. The first kappa shape index (κ1) is 15.3. The maximum absolute atomic E-state index is 12.2. The first-order valence-electron chi connectivity index (χ1n) is 6.29. The molecule has 1 amide bonds. The van der Waals surface area contributed by atoms with Crippen LogP contribution in [-0.2, 0) is 10.5 Å². The molecule has 1 atom stereocenters. The van der Waals surface area contributed by atoms with E-state index in [0.29, 0.717) is 17.7 Å². The van der Waals surface area contributed by atoms with E-state index in [4.69, 9.17) is 0 Å². The summed E-state index contributed by atoms with van der Waals surface area (Å²) in [5, 5.41) is 12.0. The number of rotatable bonds is 5. The van der Waals surface area contributed by atoms with Crippen molar-refractivity contribution >= 4 is 35.4 Å². The van der Waals surface area contributed by atoms with Crippen molar-refractivity contribution in [3.63, 3.8) is 0 Å². The van der Waals surface area contributed by atoms with E-state index < -0.39 is 11.5 Å². The second-order valence-electron chi connectivity index (χ2n) is 4.77. The molecule has 1 fully saturated rings. The molecule has 0 bridgehead atoms. The minimum Gasteiger partial charge on any atom is -0.479 e. The molecule has 1 saturated heterocycles. The lowest BCUT2D eigenvalue weighted by Gasteiger charge is -2.24. The zero-order valence-electron chi connectivity index (χ0n) is 11.2. The Morgan fingerprint density at radius 3 is 2.60 bits per heavy atom. The molecule has 1 aromatic rings. The van der Waals surface area contributed by atoms with Crippen molar-refractivity contribution in [2.45, 2.75) is 17.7 Å². The summed E-state index contributed by atoms with van der Waals surface area (Å²) in [4.78, 5) is 23.6. The van der Waals surface area contributed by atoms with Gasteiger partial charge in [0.1, 0.15) is 5.54 Å². The fourth-order valence-electron chi connectivity index (χ4n) is 2.09. The van der Waals surface area contributed by atoms with E-state index >= 15 is 0 Å². The summed E-state index contributed by atoms with van der Waals surface area (Å²) in [7, 11) is 0. The molecule has 0 unspecified atom stereocenters. The predicted molar refractivity (Wildman–Crippen MR) is 83.4 cm³/mol. The van der Waals surface area contributed by atoms with E-state index in [-0.39, 0.29) is 5.91 Å². The minimum absolute atomic E-state index is 0.314. The maximum Gasteiger partial charge on any atom is 0.330 e. The van der Waals surface area contributed by atoms with E-state index in [2.05, 4.69) is 5.32 Å². The topological polar surface area (TPSA) is 66.4 Å². The lowest BCUT2D eigenvalue weighted by atomic mass is 9.98. The molecule has 0 saturated carbocycles. The highest BCUT2D eigenvalue weighted by atomic mass is 32.2. The van der Waals surface area contributed by atoms with E-state index in [0.717, 1.165) is 17.1 Å². The number of hydrogen-bond donors (Lipinski definition) is 2. The second kappa shape index (κ2) is 6.54. The fourth-order valence-corrected chi connectivity index (χ4v) is 3.95. The zero-order valence-corrected chi connectivity index (χ0v) is 12.9. The average Bonchev–Trinajstić information content (AvgIpc) is 2.90. The highest BCUT2D eigenvalue weighted by molar-refractivity contribution is 7.99. The Hall–Kier alpha value is -1.14. The third kappa shape index (κ3) is 3.30. The Morgan fingerprint density at radius 2 is 2.10 bits per heavy atom. The molecule has 2 rings (SSSR count). The molecule has 1 aromatic carbocycles. The van der Waals surface area contributed by atoms with Gasteiger partial charge in [-0.2, -0.15) is 23.5 Å². The number of carboxylic acids is 1. The first-order chi connectivity index (χ1) is 9.57. The van der Waals surface area contributed by atoms with Gasteiger partial charge in [0.05, 0.1) is 0 Å². The Kier molecular flexibility index (Phi) is 4.99. The normalized spacial score (nSPS) is 21.6. The molecule has 108 valence electrons. The standard InChI is InChI=1S/C14H17NO3S2/c1-19-8-10-2-4-11(5-3-10)12(16)15-14(13(17)18)6-7-20-9-14/h2-5H,6-9H2,1H3,(H,15,16)(H,17,18)/t14-/m0/s1. The van der Waals surface area contributed by atoms with Gasteiger partial charge < -0.3 is 10.4 Å². The van der Waals surface area contributed by atoms with Crippen LogP contribution < -0.4 is 5.32 Å². The van der Waals surface area contributed by atoms with Gasteiger partial charge in [-0.15, -0.1) is 0 Å². The summed E-state index contributed by atoms with van der Waals surface area (Å²) in [6.07, 6.45) is 2.50. The van der Waals surface area contributed by atoms with Crippen LogP contribution in [0.4, 0.5) is 0 Å². The molecule has 0 aliphatic carbocycles. The summed E-state index contributed by atoms with van der Waals surface area (Å²) < 4.78 is 0. The lowest BCUT2D eigenvalue weighted by molar-refractivity contribution is -0.143. The van der Waals surface area contributed by atoms with Gasteiger partial charge in [0.25, 0.3) is 5.91 Å². The van der Waals surface area contributed by atoms with Crippen LogP contribution >= 0.6 is 23.5 Å². The molecule has 2 N–H and O–H groups in total. The van der Waals surface area contributed by atoms with Crippen molar-refractivity contribution in [3.8, 4) is 0 Å². The van der Waals surface area contributed by atoms with Crippen LogP contribution in [0, 0.1) is 0 Å². The van der Waals surface area contributed by atoms with Crippen LogP contribution in [0.5, 0.6) is 0 Å². The van der Waals surface area contributed by atoms with Gasteiger partial charge in [-0.3, -0.25) is 4.79 Å². The largest absolute Gasteiger partial charge is 0.479 e. The van der Waals surface area contributed by atoms with Crippen molar-refractivity contribution in [3.05, 3.63) is 35.4 Å². The van der Waals surface area contributed by atoms with Gasteiger partial charge in [0.15, 0.2) is 0 Å². The third-order valence-electron chi connectivity index (χ3n) is 3.31. The Morgan fingerprint density at radius 1 is 1.40 bits per heavy atom. The van der Waals surface area contributed by atoms with E-state index in [1.807, 2.05) is 18.4 Å². The van der Waals surface area contributed by atoms with Crippen LogP contribution in [0.3, 0.4) is 0 Å². The Bertz CT molecular complexity index is 496. The summed E-state index contributed by atoms with van der Waals surface area (Å²) in [5.41, 5.74) is 0.547. The molecule has 1 aliphatic heterocycles. The second-order valence-corrected chi connectivity index (χ2v) is 6.75. The molecule has 4 nitrogen and oxygen atoms in total. The van der Waals surface area contributed by atoms with E-state index in [1.165, 1.54) is 0 Å². The van der Waals surface area contributed by atoms with Crippen LogP contribution in [-0.4, -0.2) is 40.3 Å². The molecule has 6 heteroatoms. The van der Waals surface area contributed by atoms with Crippen molar-refractivity contribution in [1.82, 2.24) is 5.32 Å². The molecule has 0 radical (unpaired) electrons. The number of aliphatic carboxylic acids is 1. The lowest BCUT2D eigenvalue weighted by Crippen LogP contribution is -2.54. The Labute approximate surface area is 126 Å². The predicted octanol–water partition coefficient (Wildman–Crippen LogP) is 2.24. The fraction of sp³-hybridized carbons (Fsp3) is 0.429. The molecular weight excluding hydrogens is 294 g/mol. The summed E-state index contributed by atoms with van der Waals surface area (Å²) >= 11 is 3.27. The van der Waals surface area contributed by atoms with Gasteiger partial charge in [-0.05, 0) is 36.1 Å². The number of thioether (sulfide) groups is 2. The van der Waals surface area contributed by atoms with Crippen molar-refractivity contribution < 1.29 is 14.7 Å². The maximum atomic E-state index is 12.2. The number of carboxylic acid groups (broad SMARTS) is 1. The van der Waals surface area contributed by atoms with Gasteiger partial charge in [0.2, 0.25) is 0 Å². The smallest absolute Gasteiger partial charge is 0.330 e. The molecular formula is C14H17NO3S2. The third-order valence-corrected chi connectivity index (χ3v) is 5.12. The number of amides is 1. The average molecular weight is 311 g/mol. The number of nitrogens with one attached hydrogen (secondary N) is 1. The van der Waals surface area contributed by atoms with Crippen LogP contribution in [0.25, 0.3) is 0 Å². The quantitative estimate of drug-likeness (QED) is 0.873.